The van der Waals surface area contributed by atoms with E-state index < -0.39 is 28.7 Å². The van der Waals surface area contributed by atoms with Crippen molar-refractivity contribution in [1.29, 1.82) is 0 Å². The lowest BCUT2D eigenvalue weighted by atomic mass is 10.0. The predicted octanol–water partition coefficient (Wildman–Crippen LogP) is 9.00. The van der Waals surface area contributed by atoms with Gasteiger partial charge in [-0.2, -0.15) is 10.2 Å². The number of hydrogen-bond acceptors (Lipinski definition) is 11. The highest BCUT2D eigenvalue weighted by atomic mass is 35.5. The van der Waals surface area contributed by atoms with Crippen LogP contribution in [0.2, 0.25) is 0 Å². The van der Waals surface area contributed by atoms with Crippen LogP contribution in [-0.2, 0) is 9.59 Å². The molecule has 2 atom stereocenters. The summed E-state index contributed by atoms with van der Waals surface area (Å²) in [5, 5.41) is 47.3. The number of carboxylic acid groups (broad SMARTS) is 2. The molecule has 0 heterocycles. The van der Waals surface area contributed by atoms with Gasteiger partial charge in [-0.25, -0.2) is 0 Å². The molecule has 16 heteroatoms. The highest BCUT2D eigenvalue weighted by Gasteiger charge is 2.21. The minimum Gasteiger partial charge on any atom is -0.491 e. The van der Waals surface area contributed by atoms with Crippen LogP contribution in [-0.4, -0.2) is 65.1 Å². The van der Waals surface area contributed by atoms with Crippen LogP contribution in [0.4, 0.5) is 34.1 Å². The van der Waals surface area contributed by atoms with Gasteiger partial charge < -0.3 is 24.6 Å². The number of rotatable bonds is 20. The van der Waals surface area contributed by atoms with Crippen LogP contribution < -0.4 is 14.4 Å². The van der Waals surface area contributed by atoms with Gasteiger partial charge in [0, 0.05) is 54.8 Å². The van der Waals surface area contributed by atoms with Crippen LogP contribution in [0.1, 0.15) is 32.3 Å². The Morgan fingerprint density at radius 2 is 1.29 bits per heavy atom. The van der Waals surface area contributed by atoms with Gasteiger partial charge in [-0.05, 0) is 69.5 Å². The number of hydrogen-bond donors (Lipinski definition) is 2. The normalized spacial score (nSPS) is 12.6. The van der Waals surface area contributed by atoms with Crippen LogP contribution in [0, 0.1) is 28.9 Å². The quantitative estimate of drug-likeness (QED) is 0.0497. The smallest absolute Gasteiger partial charge is 0.307 e. The Labute approximate surface area is 293 Å². The minimum absolute atomic E-state index is 0.0423. The van der Waals surface area contributed by atoms with Gasteiger partial charge >= 0.3 is 11.9 Å². The van der Waals surface area contributed by atoms with E-state index in [-0.39, 0.29) is 30.3 Å². The molecule has 0 fully saturated rings. The number of anilines is 1. The zero-order valence-corrected chi connectivity index (χ0v) is 28.8. The molecule has 3 aromatic carbocycles. The second-order valence-corrected chi connectivity index (χ2v) is 11.4. The summed E-state index contributed by atoms with van der Waals surface area (Å²) in [7, 11) is 0. The summed E-state index contributed by atoms with van der Waals surface area (Å²) >= 11 is 11.7. The molecular formula is C33H38Cl2N6O8. The number of benzene rings is 3. The van der Waals surface area contributed by atoms with Crippen LogP contribution in [0.15, 0.2) is 75.1 Å². The van der Waals surface area contributed by atoms with Gasteiger partial charge in [-0.3, -0.25) is 19.7 Å². The van der Waals surface area contributed by atoms with Crippen LogP contribution in [0.25, 0.3) is 0 Å². The van der Waals surface area contributed by atoms with Crippen molar-refractivity contribution in [2.24, 2.45) is 32.3 Å². The number of nitro benzene ring substituents is 1. The van der Waals surface area contributed by atoms with Gasteiger partial charge in [0.15, 0.2) is 0 Å². The van der Waals surface area contributed by atoms with Crippen molar-refractivity contribution >= 4 is 69.3 Å². The predicted molar refractivity (Wildman–Crippen MR) is 187 cm³/mol. The maximum absolute atomic E-state index is 11.6. The first-order valence-corrected chi connectivity index (χ1v) is 16.5. The highest BCUT2D eigenvalue weighted by Crippen LogP contribution is 2.42. The Bertz CT molecular complexity index is 1630. The fourth-order valence-corrected chi connectivity index (χ4v) is 5.15. The third kappa shape index (κ3) is 11.4. The van der Waals surface area contributed by atoms with E-state index >= 15 is 0 Å². The second-order valence-electron chi connectivity index (χ2n) is 10.7. The number of carboxylic acids is 2. The van der Waals surface area contributed by atoms with E-state index in [1.54, 1.807) is 18.2 Å². The number of halogens is 2. The molecule has 262 valence electrons. The fraction of sp³-hybridized carbons (Fsp3) is 0.394. The van der Waals surface area contributed by atoms with E-state index in [4.69, 9.17) is 32.7 Å². The summed E-state index contributed by atoms with van der Waals surface area (Å²) in [6.45, 7) is 6.83. The average molecular weight is 718 g/mol. The first kappa shape index (κ1) is 38.6. The van der Waals surface area contributed by atoms with Gasteiger partial charge in [0.2, 0.25) is 0 Å². The van der Waals surface area contributed by atoms with Gasteiger partial charge in [-0.1, -0.05) is 0 Å². The summed E-state index contributed by atoms with van der Waals surface area (Å²) < 4.78 is 11.6. The Kier molecular flexibility index (Phi) is 15.2. The summed E-state index contributed by atoms with van der Waals surface area (Å²) in [6, 6.07) is 14.4. The maximum Gasteiger partial charge on any atom is 0.307 e. The molecule has 49 heavy (non-hydrogen) atoms. The zero-order chi connectivity index (χ0) is 35.9. The zero-order valence-electron chi connectivity index (χ0n) is 27.3. The molecule has 0 aliphatic heterocycles. The Morgan fingerprint density at radius 3 is 1.71 bits per heavy atom. The molecule has 2 unspecified atom stereocenters. The first-order valence-electron chi connectivity index (χ1n) is 15.5. The summed E-state index contributed by atoms with van der Waals surface area (Å²) in [6.07, 6.45) is 0.535. The standard InChI is InChI=1S/C33H38Cl2N6O8/c1-4-48-30-18-29(31(49-5-2)17-28(30)38-36-24-6-8-25(9-7-24)41(46)47)39-37-27-11-10-26(16-21(27)3)40(14-12-22(19-34)32(42)43)15-13-23(20-35)33(44)45/h6-11,16-18,22-23H,4-5,12-15,19-20H2,1-3H3,(H,42,43)(H,44,45)/b38-36+,39-37+. The lowest BCUT2D eigenvalue weighted by Gasteiger charge is -2.27. The molecule has 0 saturated heterocycles. The number of aryl methyl sites for hydroxylation is 1. The molecule has 0 aromatic heterocycles. The van der Waals surface area contributed by atoms with E-state index in [9.17, 15) is 29.9 Å². The Balaban J connectivity index is 1.91. The second kappa shape index (κ2) is 19.2. The van der Waals surface area contributed by atoms with E-state index in [0.29, 0.717) is 60.6 Å². The molecule has 0 bridgehead atoms. The van der Waals surface area contributed by atoms with E-state index in [1.807, 2.05) is 37.8 Å². The topological polar surface area (TPSA) is 189 Å². The van der Waals surface area contributed by atoms with Crippen molar-refractivity contribution in [3.8, 4) is 11.5 Å². The van der Waals surface area contributed by atoms with Crippen molar-refractivity contribution in [1.82, 2.24) is 0 Å². The van der Waals surface area contributed by atoms with Gasteiger partial charge in [0.05, 0.1) is 41.3 Å². The minimum atomic E-state index is -0.995. The van der Waals surface area contributed by atoms with Gasteiger partial charge in [-0.15, -0.1) is 33.4 Å². The molecular weight excluding hydrogens is 679 g/mol. The SMILES string of the molecule is CCOc1cc(/N=N/c2ccc(N(CCC(CCl)C(=O)O)CCC(CCl)C(=O)O)cc2C)c(OCC)cc1/N=N/c1ccc([N+](=O)[O-])cc1. The molecule has 3 aromatic rings. The van der Waals surface area contributed by atoms with Crippen molar-refractivity contribution in [3.63, 3.8) is 0 Å². The Morgan fingerprint density at radius 1 is 0.796 bits per heavy atom. The van der Waals surface area contributed by atoms with E-state index in [2.05, 4.69) is 20.5 Å². The van der Waals surface area contributed by atoms with Crippen molar-refractivity contribution in [2.75, 3.05) is 43.0 Å². The number of nitro groups is 1. The molecule has 0 spiro atoms. The molecule has 0 amide bonds. The lowest BCUT2D eigenvalue weighted by molar-refractivity contribution is -0.384. The summed E-state index contributed by atoms with van der Waals surface area (Å²) in [4.78, 5) is 35.5. The van der Waals surface area contributed by atoms with Crippen LogP contribution >= 0.6 is 23.2 Å². The largest absolute Gasteiger partial charge is 0.491 e. The van der Waals surface area contributed by atoms with E-state index in [1.165, 1.54) is 24.3 Å². The third-order valence-electron chi connectivity index (χ3n) is 7.35. The number of aliphatic carboxylic acids is 2. The maximum atomic E-state index is 11.6. The fourth-order valence-electron chi connectivity index (χ4n) is 4.57. The van der Waals surface area contributed by atoms with Gasteiger partial charge in [0.25, 0.3) is 5.69 Å². The molecule has 0 aliphatic rings. The summed E-state index contributed by atoms with van der Waals surface area (Å²) in [5.41, 5.74) is 3.17. The lowest BCUT2D eigenvalue weighted by Crippen LogP contribution is -2.32. The highest BCUT2D eigenvalue weighted by molar-refractivity contribution is 6.19. The van der Waals surface area contributed by atoms with Crippen molar-refractivity contribution in [2.45, 2.75) is 33.6 Å². The third-order valence-corrected chi connectivity index (χ3v) is 8.10. The van der Waals surface area contributed by atoms with Gasteiger partial charge in [0.1, 0.15) is 22.9 Å². The van der Waals surface area contributed by atoms with Crippen LogP contribution in [0.5, 0.6) is 11.5 Å². The Hall–Kier alpha value is -4.82. The molecule has 3 rings (SSSR count). The first-order chi connectivity index (χ1) is 23.5. The monoisotopic (exact) mass is 716 g/mol. The molecule has 14 nitrogen and oxygen atoms in total. The molecule has 0 radical (unpaired) electrons. The summed E-state index contributed by atoms with van der Waals surface area (Å²) in [5.74, 6) is -2.82. The van der Waals surface area contributed by atoms with Crippen molar-refractivity contribution in [3.05, 3.63) is 70.3 Å². The number of non-ortho nitro benzene ring substituents is 1. The van der Waals surface area contributed by atoms with E-state index in [0.717, 1.165) is 11.3 Å². The average Bonchev–Trinajstić information content (AvgIpc) is 3.07. The molecule has 2 N–H and O–H groups in total. The molecule has 0 saturated carbocycles. The number of carbonyl (C=O) groups is 2. The molecule has 0 aliphatic carbocycles. The number of azo groups is 2. The number of ether oxygens (including phenoxy) is 2. The van der Waals surface area contributed by atoms with Crippen LogP contribution in [0.3, 0.4) is 0 Å². The van der Waals surface area contributed by atoms with Crippen molar-refractivity contribution < 1.29 is 34.2 Å². The number of alkyl halides is 2. The number of nitrogens with zero attached hydrogens (tertiary/aromatic N) is 6.